The monoisotopic (exact) mass is 267 g/mol. The van der Waals surface area contributed by atoms with E-state index in [-0.39, 0.29) is 5.46 Å². The van der Waals surface area contributed by atoms with Crippen LogP contribution in [-0.4, -0.2) is 22.2 Å². The molecule has 0 aliphatic heterocycles. The molecule has 1 heterocycles. The Balaban J connectivity index is 2.13. The van der Waals surface area contributed by atoms with Gasteiger partial charge in [0, 0.05) is 5.75 Å². The van der Waals surface area contributed by atoms with Gasteiger partial charge in [0.1, 0.15) is 12.1 Å². The fourth-order valence-electron chi connectivity index (χ4n) is 1.48. The standard InChI is InChI=1S/C11H11BFNO3S/c1-7-5-17-11(14-7)18-6-8-2-3-9(13)4-10(8)12(15)16/h2-5,15-16H,6H2,1H3. The zero-order valence-corrected chi connectivity index (χ0v) is 10.4. The van der Waals surface area contributed by atoms with Gasteiger partial charge in [0.05, 0.1) is 5.69 Å². The Morgan fingerprint density at radius 3 is 2.83 bits per heavy atom. The van der Waals surface area contributed by atoms with Crippen LogP contribution in [0.25, 0.3) is 0 Å². The number of rotatable bonds is 4. The summed E-state index contributed by atoms with van der Waals surface area (Å²) in [6.07, 6.45) is 1.54. The quantitative estimate of drug-likeness (QED) is 0.641. The number of nitrogens with zero attached hydrogens (tertiary/aromatic N) is 1. The van der Waals surface area contributed by atoms with E-state index in [9.17, 15) is 14.4 Å². The second-order valence-electron chi connectivity index (χ2n) is 3.76. The molecule has 1 aromatic carbocycles. The molecular weight excluding hydrogens is 256 g/mol. The minimum atomic E-state index is -1.69. The lowest BCUT2D eigenvalue weighted by Crippen LogP contribution is -2.33. The van der Waals surface area contributed by atoms with Gasteiger partial charge in [0.2, 0.25) is 0 Å². The lowest BCUT2D eigenvalue weighted by atomic mass is 9.77. The molecule has 0 bridgehead atoms. The Morgan fingerprint density at radius 2 is 2.22 bits per heavy atom. The SMILES string of the molecule is Cc1coc(SCc2ccc(F)cc2B(O)O)n1. The van der Waals surface area contributed by atoms with Crippen molar-refractivity contribution in [1.82, 2.24) is 4.98 Å². The van der Waals surface area contributed by atoms with Gasteiger partial charge in [-0.15, -0.1) is 0 Å². The third-order valence-corrected chi connectivity index (χ3v) is 3.22. The molecule has 1 aromatic heterocycles. The van der Waals surface area contributed by atoms with Gasteiger partial charge >= 0.3 is 7.12 Å². The summed E-state index contributed by atoms with van der Waals surface area (Å²) in [6.45, 7) is 1.81. The molecule has 0 fully saturated rings. The first-order valence-corrected chi connectivity index (χ1v) is 6.24. The van der Waals surface area contributed by atoms with Crippen LogP contribution >= 0.6 is 11.8 Å². The van der Waals surface area contributed by atoms with Gasteiger partial charge < -0.3 is 14.5 Å². The first kappa shape index (κ1) is 13.1. The number of hydrogen-bond donors (Lipinski definition) is 2. The smallest absolute Gasteiger partial charge is 0.440 e. The van der Waals surface area contributed by atoms with Crippen molar-refractivity contribution < 1.29 is 18.9 Å². The van der Waals surface area contributed by atoms with Crippen LogP contribution in [0.3, 0.4) is 0 Å². The van der Waals surface area contributed by atoms with Crippen molar-refractivity contribution in [2.45, 2.75) is 17.9 Å². The zero-order valence-electron chi connectivity index (χ0n) is 9.63. The van der Waals surface area contributed by atoms with E-state index in [1.54, 1.807) is 0 Å². The highest BCUT2D eigenvalue weighted by Gasteiger charge is 2.17. The van der Waals surface area contributed by atoms with Crippen molar-refractivity contribution in [3.05, 3.63) is 41.5 Å². The van der Waals surface area contributed by atoms with Gasteiger partial charge in [-0.25, -0.2) is 9.37 Å². The average Bonchev–Trinajstić information content (AvgIpc) is 2.73. The van der Waals surface area contributed by atoms with E-state index in [1.807, 2.05) is 6.92 Å². The van der Waals surface area contributed by atoms with E-state index in [0.717, 1.165) is 11.8 Å². The van der Waals surface area contributed by atoms with Gasteiger partial charge in [-0.2, -0.15) is 0 Å². The molecule has 0 aliphatic rings. The zero-order chi connectivity index (χ0) is 13.1. The molecule has 0 amide bonds. The molecule has 94 valence electrons. The van der Waals surface area contributed by atoms with Gasteiger partial charge in [-0.1, -0.05) is 17.8 Å². The molecular formula is C11H11BFNO3S. The number of hydrogen-bond acceptors (Lipinski definition) is 5. The van der Waals surface area contributed by atoms with Crippen molar-refractivity contribution in [3.8, 4) is 0 Å². The molecule has 18 heavy (non-hydrogen) atoms. The molecule has 2 rings (SSSR count). The lowest BCUT2D eigenvalue weighted by molar-refractivity contribution is 0.425. The number of aromatic nitrogens is 1. The summed E-state index contributed by atoms with van der Waals surface area (Å²) < 4.78 is 18.2. The van der Waals surface area contributed by atoms with Gasteiger partial charge in [-0.3, -0.25) is 0 Å². The maximum atomic E-state index is 13.0. The van der Waals surface area contributed by atoms with Crippen LogP contribution in [0, 0.1) is 12.7 Å². The molecule has 0 aliphatic carbocycles. The van der Waals surface area contributed by atoms with Crippen molar-refractivity contribution in [2.75, 3.05) is 0 Å². The molecule has 2 aromatic rings. The molecule has 4 nitrogen and oxygen atoms in total. The highest BCUT2D eigenvalue weighted by atomic mass is 32.2. The fourth-order valence-corrected chi connectivity index (χ4v) is 2.34. The van der Waals surface area contributed by atoms with E-state index in [1.165, 1.54) is 30.2 Å². The molecule has 0 atom stereocenters. The third-order valence-electron chi connectivity index (χ3n) is 2.34. The largest absolute Gasteiger partial charge is 0.488 e. The Labute approximate surface area is 108 Å². The molecule has 2 N–H and O–H groups in total. The minimum absolute atomic E-state index is 0.158. The van der Waals surface area contributed by atoms with Crippen LogP contribution in [0.5, 0.6) is 0 Å². The van der Waals surface area contributed by atoms with Crippen LogP contribution in [0.15, 0.2) is 34.1 Å². The van der Waals surface area contributed by atoms with E-state index < -0.39 is 12.9 Å². The van der Waals surface area contributed by atoms with Crippen molar-refractivity contribution in [3.63, 3.8) is 0 Å². The summed E-state index contributed by atoms with van der Waals surface area (Å²) in [5.41, 5.74) is 1.57. The predicted molar refractivity (Wildman–Crippen MR) is 67.0 cm³/mol. The normalized spacial score (nSPS) is 10.7. The second kappa shape index (κ2) is 5.56. The topological polar surface area (TPSA) is 66.5 Å². The van der Waals surface area contributed by atoms with Crippen LogP contribution in [0.4, 0.5) is 4.39 Å². The molecule has 0 unspecified atom stereocenters. The molecule has 0 radical (unpaired) electrons. The highest BCUT2D eigenvalue weighted by molar-refractivity contribution is 7.98. The van der Waals surface area contributed by atoms with Crippen LogP contribution in [-0.2, 0) is 5.75 Å². The van der Waals surface area contributed by atoms with Crippen LogP contribution in [0.1, 0.15) is 11.3 Å². The van der Waals surface area contributed by atoms with Crippen molar-refractivity contribution >= 4 is 24.3 Å². The number of oxazole rings is 1. The summed E-state index contributed by atoms with van der Waals surface area (Å²) in [4.78, 5) is 4.12. The molecule has 0 spiro atoms. The van der Waals surface area contributed by atoms with Crippen LogP contribution < -0.4 is 5.46 Å². The summed E-state index contributed by atoms with van der Waals surface area (Å²) in [7, 11) is -1.69. The average molecular weight is 267 g/mol. The number of thioether (sulfide) groups is 1. The maximum Gasteiger partial charge on any atom is 0.488 e. The Hall–Kier alpha value is -1.31. The summed E-state index contributed by atoms with van der Waals surface area (Å²) in [5.74, 6) is -0.0773. The van der Waals surface area contributed by atoms with Crippen molar-refractivity contribution in [2.24, 2.45) is 0 Å². The number of benzene rings is 1. The van der Waals surface area contributed by atoms with Gasteiger partial charge in [0.15, 0.2) is 0 Å². The van der Waals surface area contributed by atoms with E-state index >= 15 is 0 Å². The number of halogens is 1. The molecule has 0 saturated heterocycles. The molecule has 7 heteroatoms. The van der Waals surface area contributed by atoms with Crippen LogP contribution in [0.2, 0.25) is 0 Å². The summed E-state index contributed by atoms with van der Waals surface area (Å²) in [6, 6.07) is 3.91. The van der Waals surface area contributed by atoms with Gasteiger partial charge in [-0.05, 0) is 30.1 Å². The third kappa shape index (κ3) is 3.13. The first-order valence-electron chi connectivity index (χ1n) is 5.25. The summed E-state index contributed by atoms with van der Waals surface area (Å²) >= 11 is 1.31. The minimum Gasteiger partial charge on any atom is -0.440 e. The first-order chi connectivity index (χ1) is 8.56. The van der Waals surface area contributed by atoms with E-state index in [0.29, 0.717) is 16.5 Å². The Morgan fingerprint density at radius 1 is 1.44 bits per heavy atom. The highest BCUT2D eigenvalue weighted by Crippen LogP contribution is 2.21. The van der Waals surface area contributed by atoms with E-state index in [2.05, 4.69) is 4.98 Å². The summed E-state index contributed by atoms with van der Waals surface area (Å²) in [5, 5.41) is 18.8. The predicted octanol–water partition coefficient (Wildman–Crippen LogP) is 1.09. The van der Waals surface area contributed by atoms with Crippen molar-refractivity contribution in [1.29, 1.82) is 0 Å². The fraction of sp³-hybridized carbons (Fsp3) is 0.182. The molecule has 0 saturated carbocycles. The Bertz CT molecular complexity index is 547. The maximum absolute atomic E-state index is 13.0. The second-order valence-corrected chi connectivity index (χ2v) is 4.69. The van der Waals surface area contributed by atoms with Gasteiger partial charge in [0.25, 0.3) is 5.22 Å². The number of aryl methyl sites for hydroxylation is 1. The van der Waals surface area contributed by atoms with E-state index in [4.69, 9.17) is 4.42 Å². The Kier molecular flexibility index (Phi) is 4.06. The lowest BCUT2D eigenvalue weighted by Gasteiger charge is -2.07.